The zero-order valence-corrected chi connectivity index (χ0v) is 12.9. The van der Waals surface area contributed by atoms with Crippen LogP contribution in [0.15, 0.2) is 33.3 Å². The fraction of sp³-hybridized carbons (Fsp3) is 0.286. The van der Waals surface area contributed by atoms with Crippen molar-refractivity contribution < 1.29 is 4.42 Å². The molecule has 0 bridgehead atoms. The van der Waals surface area contributed by atoms with Gasteiger partial charge in [0.15, 0.2) is 11.4 Å². The number of fused-ring (bicyclic) bond motifs is 1. The van der Waals surface area contributed by atoms with Crippen molar-refractivity contribution in [2.45, 2.75) is 13.3 Å². The standard InChI is InChI=1S/C14H15BrN4O/c1-9-3-5-12(20-9)10-4-6-13-17-11(7-8-16-2)14(15)19(13)18-10/h3-6,16H,7-8H2,1-2H3. The summed E-state index contributed by atoms with van der Waals surface area (Å²) in [5.74, 6) is 1.64. The van der Waals surface area contributed by atoms with E-state index in [4.69, 9.17) is 4.42 Å². The van der Waals surface area contributed by atoms with Crippen LogP contribution in [0.2, 0.25) is 0 Å². The van der Waals surface area contributed by atoms with E-state index in [0.29, 0.717) is 0 Å². The number of hydrogen-bond donors (Lipinski definition) is 1. The number of imidazole rings is 1. The Kier molecular flexibility index (Phi) is 3.58. The minimum atomic E-state index is 0.766. The molecule has 0 unspecified atom stereocenters. The van der Waals surface area contributed by atoms with Gasteiger partial charge in [-0.05, 0) is 54.2 Å². The Labute approximate surface area is 125 Å². The van der Waals surface area contributed by atoms with Gasteiger partial charge < -0.3 is 9.73 Å². The van der Waals surface area contributed by atoms with E-state index in [2.05, 4.69) is 31.3 Å². The smallest absolute Gasteiger partial charge is 0.155 e. The summed E-state index contributed by atoms with van der Waals surface area (Å²) in [5.41, 5.74) is 2.62. The Balaban J connectivity index is 2.04. The summed E-state index contributed by atoms with van der Waals surface area (Å²) in [6.45, 7) is 2.80. The summed E-state index contributed by atoms with van der Waals surface area (Å²) < 4.78 is 8.31. The van der Waals surface area contributed by atoms with E-state index in [1.807, 2.05) is 38.2 Å². The predicted octanol–water partition coefficient (Wildman–Crippen LogP) is 2.82. The van der Waals surface area contributed by atoms with Crippen LogP contribution in [0.5, 0.6) is 0 Å². The largest absolute Gasteiger partial charge is 0.460 e. The molecule has 6 heteroatoms. The minimum absolute atomic E-state index is 0.766. The molecule has 0 saturated carbocycles. The van der Waals surface area contributed by atoms with Crippen molar-refractivity contribution in [3.63, 3.8) is 0 Å². The van der Waals surface area contributed by atoms with Crippen LogP contribution in [-0.2, 0) is 6.42 Å². The van der Waals surface area contributed by atoms with Gasteiger partial charge in [0, 0.05) is 13.0 Å². The molecule has 0 saturated heterocycles. The highest BCUT2D eigenvalue weighted by atomic mass is 79.9. The van der Waals surface area contributed by atoms with Gasteiger partial charge in [0.2, 0.25) is 0 Å². The van der Waals surface area contributed by atoms with Gasteiger partial charge in [0.05, 0.1) is 5.69 Å². The monoisotopic (exact) mass is 334 g/mol. The molecule has 3 rings (SSSR count). The molecule has 3 aromatic rings. The Morgan fingerprint density at radius 3 is 2.85 bits per heavy atom. The number of aromatic nitrogens is 3. The summed E-state index contributed by atoms with van der Waals surface area (Å²) >= 11 is 3.57. The van der Waals surface area contributed by atoms with E-state index in [0.717, 1.165) is 46.1 Å². The Bertz CT molecular complexity index is 747. The van der Waals surface area contributed by atoms with Gasteiger partial charge in [-0.3, -0.25) is 0 Å². The third-order valence-corrected chi connectivity index (χ3v) is 3.89. The molecule has 0 aliphatic carbocycles. The zero-order valence-electron chi connectivity index (χ0n) is 11.4. The van der Waals surface area contributed by atoms with Gasteiger partial charge in [0.1, 0.15) is 16.1 Å². The van der Waals surface area contributed by atoms with Gasteiger partial charge in [-0.1, -0.05) is 0 Å². The molecule has 1 N–H and O–H groups in total. The van der Waals surface area contributed by atoms with Crippen molar-refractivity contribution in [3.05, 3.63) is 40.3 Å². The number of nitrogens with zero attached hydrogens (tertiary/aromatic N) is 3. The van der Waals surface area contributed by atoms with Crippen molar-refractivity contribution >= 4 is 21.6 Å². The quantitative estimate of drug-likeness (QED) is 0.797. The second-order valence-corrected chi connectivity index (χ2v) is 5.35. The van der Waals surface area contributed by atoms with Gasteiger partial charge in [-0.2, -0.15) is 5.10 Å². The molecule has 0 spiro atoms. The lowest BCUT2D eigenvalue weighted by molar-refractivity contribution is 0.545. The van der Waals surface area contributed by atoms with Crippen LogP contribution in [0.1, 0.15) is 11.5 Å². The SMILES string of the molecule is CNCCc1nc2ccc(-c3ccc(C)o3)nn2c1Br. The molecular weight excluding hydrogens is 320 g/mol. The van der Waals surface area contributed by atoms with Crippen LogP contribution in [0.25, 0.3) is 17.1 Å². The average molecular weight is 335 g/mol. The lowest BCUT2D eigenvalue weighted by Gasteiger charge is -1.99. The molecule has 20 heavy (non-hydrogen) atoms. The van der Waals surface area contributed by atoms with Crippen molar-refractivity contribution in [2.24, 2.45) is 0 Å². The number of aryl methyl sites for hydroxylation is 1. The van der Waals surface area contributed by atoms with Crippen LogP contribution in [0, 0.1) is 6.92 Å². The first-order chi connectivity index (χ1) is 9.69. The molecule has 0 fully saturated rings. The summed E-state index contributed by atoms with van der Waals surface area (Å²) in [5, 5.41) is 7.70. The van der Waals surface area contributed by atoms with Crippen LogP contribution in [-0.4, -0.2) is 28.2 Å². The van der Waals surface area contributed by atoms with Gasteiger partial charge >= 0.3 is 0 Å². The van der Waals surface area contributed by atoms with Crippen molar-refractivity contribution in [1.29, 1.82) is 0 Å². The summed E-state index contributed by atoms with van der Waals surface area (Å²) in [6, 6.07) is 7.74. The van der Waals surface area contributed by atoms with Gasteiger partial charge in [0.25, 0.3) is 0 Å². The van der Waals surface area contributed by atoms with E-state index in [1.165, 1.54) is 0 Å². The van der Waals surface area contributed by atoms with Gasteiger partial charge in [-0.15, -0.1) is 0 Å². The van der Waals surface area contributed by atoms with Crippen molar-refractivity contribution in [2.75, 3.05) is 13.6 Å². The summed E-state index contributed by atoms with van der Waals surface area (Å²) in [7, 11) is 1.93. The highest BCUT2D eigenvalue weighted by molar-refractivity contribution is 9.10. The molecule has 3 heterocycles. The third-order valence-electron chi connectivity index (χ3n) is 3.09. The van der Waals surface area contributed by atoms with Crippen LogP contribution < -0.4 is 5.32 Å². The van der Waals surface area contributed by atoms with Crippen molar-refractivity contribution in [1.82, 2.24) is 19.9 Å². The average Bonchev–Trinajstić information content (AvgIpc) is 3.01. The van der Waals surface area contributed by atoms with E-state index in [-0.39, 0.29) is 0 Å². The topological polar surface area (TPSA) is 55.4 Å². The number of halogens is 1. The highest BCUT2D eigenvalue weighted by Gasteiger charge is 2.12. The Morgan fingerprint density at radius 2 is 2.15 bits per heavy atom. The number of furan rings is 1. The maximum atomic E-state index is 5.61. The van der Waals surface area contributed by atoms with Crippen LogP contribution in [0.4, 0.5) is 0 Å². The van der Waals surface area contributed by atoms with E-state index >= 15 is 0 Å². The highest BCUT2D eigenvalue weighted by Crippen LogP contribution is 2.23. The maximum Gasteiger partial charge on any atom is 0.155 e. The molecule has 0 radical (unpaired) electrons. The number of rotatable bonds is 4. The number of likely N-dealkylation sites (N-methyl/N-ethyl adjacent to an activating group) is 1. The fourth-order valence-corrected chi connectivity index (χ4v) is 2.61. The predicted molar refractivity (Wildman–Crippen MR) is 80.8 cm³/mol. The van der Waals surface area contributed by atoms with Gasteiger partial charge in [-0.25, -0.2) is 9.50 Å². The molecular formula is C14H15BrN4O. The molecule has 3 aromatic heterocycles. The van der Waals surface area contributed by atoms with Crippen LogP contribution >= 0.6 is 15.9 Å². The molecule has 5 nitrogen and oxygen atoms in total. The second-order valence-electron chi connectivity index (χ2n) is 4.60. The normalized spacial score (nSPS) is 11.3. The molecule has 0 aromatic carbocycles. The third kappa shape index (κ3) is 2.36. The van der Waals surface area contributed by atoms with Crippen LogP contribution in [0.3, 0.4) is 0 Å². The van der Waals surface area contributed by atoms with E-state index in [1.54, 1.807) is 4.52 Å². The Morgan fingerprint density at radius 1 is 1.30 bits per heavy atom. The summed E-state index contributed by atoms with van der Waals surface area (Å²) in [4.78, 5) is 4.57. The number of hydrogen-bond acceptors (Lipinski definition) is 4. The number of nitrogens with one attached hydrogen (secondary N) is 1. The zero-order chi connectivity index (χ0) is 14.1. The maximum absolute atomic E-state index is 5.61. The van der Waals surface area contributed by atoms with Crippen molar-refractivity contribution in [3.8, 4) is 11.5 Å². The lowest BCUT2D eigenvalue weighted by atomic mass is 10.3. The molecule has 104 valence electrons. The molecule has 0 aliphatic rings. The molecule has 0 amide bonds. The Hall–Kier alpha value is -1.66. The minimum Gasteiger partial charge on any atom is -0.460 e. The summed E-state index contributed by atoms with van der Waals surface area (Å²) in [6.07, 6.45) is 0.857. The second kappa shape index (κ2) is 5.38. The van der Waals surface area contributed by atoms with E-state index in [9.17, 15) is 0 Å². The molecule has 0 atom stereocenters. The fourth-order valence-electron chi connectivity index (χ4n) is 2.06. The lowest BCUT2D eigenvalue weighted by Crippen LogP contribution is -2.10. The van der Waals surface area contributed by atoms with E-state index < -0.39 is 0 Å². The first-order valence-electron chi connectivity index (χ1n) is 6.44. The molecule has 0 aliphatic heterocycles. The first kappa shape index (κ1) is 13.3. The first-order valence-corrected chi connectivity index (χ1v) is 7.24.